The fourth-order valence-corrected chi connectivity index (χ4v) is 5.85. The number of ether oxygens (including phenoxy) is 1. The van der Waals surface area contributed by atoms with Crippen LogP contribution in [-0.2, 0) is 11.4 Å². The van der Waals surface area contributed by atoms with Gasteiger partial charge in [-0.05, 0) is 41.3 Å². The Hall–Kier alpha value is -4.68. The predicted molar refractivity (Wildman–Crippen MR) is 172 cm³/mol. The number of pyridine rings is 1. The van der Waals surface area contributed by atoms with E-state index in [0.29, 0.717) is 13.0 Å². The van der Waals surface area contributed by atoms with E-state index >= 15 is 0 Å². The van der Waals surface area contributed by atoms with Crippen molar-refractivity contribution in [2.45, 2.75) is 25.9 Å². The first-order valence-electron chi connectivity index (χ1n) is 15.1. The fraction of sp³-hybridized carbons (Fsp3) is 0.243. The minimum Gasteiger partial charge on any atom is -0.485 e. The molecule has 0 saturated carbocycles. The van der Waals surface area contributed by atoms with Gasteiger partial charge in [0.1, 0.15) is 6.61 Å². The number of hydrogen-bond acceptors (Lipinski definition) is 4. The fourth-order valence-electron chi connectivity index (χ4n) is 5.85. The Morgan fingerprint density at radius 3 is 2.37 bits per heavy atom. The molecule has 1 aliphatic heterocycles. The van der Waals surface area contributed by atoms with Crippen LogP contribution >= 0.6 is 0 Å². The SMILES string of the molecule is Cc1ccccc1C(CC(=O)N1CCN(C/C=C/c2ccccc2)CC1)c1cnc2c(OCc3ccccc3)cccn12. The lowest BCUT2D eigenvalue weighted by molar-refractivity contribution is -0.133. The lowest BCUT2D eigenvalue weighted by atomic mass is 9.89. The van der Waals surface area contributed by atoms with Crippen LogP contribution in [0.1, 0.15) is 40.3 Å². The molecule has 1 aliphatic rings. The summed E-state index contributed by atoms with van der Waals surface area (Å²) in [5.41, 5.74) is 6.39. The van der Waals surface area contributed by atoms with Gasteiger partial charge in [-0.25, -0.2) is 4.98 Å². The molecule has 1 fully saturated rings. The summed E-state index contributed by atoms with van der Waals surface area (Å²) in [7, 11) is 0. The normalized spacial score (nSPS) is 14.8. The van der Waals surface area contributed by atoms with Crippen LogP contribution in [0, 0.1) is 6.92 Å². The highest BCUT2D eigenvalue weighted by Gasteiger charge is 2.28. The van der Waals surface area contributed by atoms with Gasteiger partial charge in [-0.1, -0.05) is 97.1 Å². The second-order valence-electron chi connectivity index (χ2n) is 11.1. The smallest absolute Gasteiger partial charge is 0.223 e. The zero-order chi connectivity index (χ0) is 29.4. The Morgan fingerprint density at radius 1 is 0.884 bits per heavy atom. The van der Waals surface area contributed by atoms with E-state index in [-0.39, 0.29) is 11.8 Å². The number of amides is 1. The molecule has 1 saturated heterocycles. The number of fused-ring (bicyclic) bond motifs is 1. The summed E-state index contributed by atoms with van der Waals surface area (Å²) in [6.45, 7) is 6.70. The minimum absolute atomic E-state index is 0.125. The van der Waals surface area contributed by atoms with Crippen LogP contribution in [0.25, 0.3) is 11.7 Å². The average molecular weight is 571 g/mol. The van der Waals surface area contributed by atoms with Gasteiger partial charge < -0.3 is 14.0 Å². The summed E-state index contributed by atoms with van der Waals surface area (Å²) in [5.74, 6) is 0.781. The van der Waals surface area contributed by atoms with Crippen LogP contribution in [0.3, 0.4) is 0 Å². The highest BCUT2D eigenvalue weighted by Crippen LogP contribution is 2.33. The second kappa shape index (κ2) is 13.5. The first-order chi connectivity index (χ1) is 21.2. The first-order valence-corrected chi connectivity index (χ1v) is 15.1. The van der Waals surface area contributed by atoms with Gasteiger partial charge >= 0.3 is 0 Å². The first kappa shape index (κ1) is 28.4. The molecule has 1 amide bonds. The van der Waals surface area contributed by atoms with E-state index in [2.05, 4.69) is 83.0 Å². The molecule has 43 heavy (non-hydrogen) atoms. The summed E-state index contributed by atoms with van der Waals surface area (Å²) in [4.78, 5) is 23.0. The van der Waals surface area contributed by atoms with Gasteiger partial charge in [0.25, 0.3) is 0 Å². The molecule has 5 aromatic rings. The van der Waals surface area contributed by atoms with Crippen LogP contribution in [-0.4, -0.2) is 57.8 Å². The number of aromatic nitrogens is 2. The third kappa shape index (κ3) is 6.87. The van der Waals surface area contributed by atoms with E-state index in [1.54, 1.807) is 0 Å². The third-order valence-electron chi connectivity index (χ3n) is 8.26. The lowest BCUT2D eigenvalue weighted by Crippen LogP contribution is -2.48. The monoisotopic (exact) mass is 570 g/mol. The van der Waals surface area contributed by atoms with E-state index in [4.69, 9.17) is 9.72 Å². The molecule has 0 radical (unpaired) electrons. The predicted octanol–water partition coefficient (Wildman–Crippen LogP) is 6.60. The highest BCUT2D eigenvalue weighted by molar-refractivity contribution is 5.78. The molecule has 1 atom stereocenters. The van der Waals surface area contributed by atoms with Crippen LogP contribution in [0.4, 0.5) is 0 Å². The topological polar surface area (TPSA) is 50.1 Å². The van der Waals surface area contributed by atoms with Crippen molar-refractivity contribution >= 4 is 17.6 Å². The molecule has 0 bridgehead atoms. The minimum atomic E-state index is -0.125. The van der Waals surface area contributed by atoms with Gasteiger partial charge in [0.2, 0.25) is 5.91 Å². The number of aryl methyl sites for hydroxylation is 1. The number of nitrogens with zero attached hydrogens (tertiary/aromatic N) is 4. The van der Waals surface area contributed by atoms with Crippen molar-refractivity contribution in [1.82, 2.24) is 19.2 Å². The van der Waals surface area contributed by atoms with Crippen molar-refractivity contribution in [2.24, 2.45) is 0 Å². The third-order valence-corrected chi connectivity index (χ3v) is 8.26. The molecule has 2 aromatic heterocycles. The molecule has 0 aliphatic carbocycles. The zero-order valence-electron chi connectivity index (χ0n) is 24.7. The van der Waals surface area contributed by atoms with Crippen molar-refractivity contribution in [3.05, 3.63) is 143 Å². The number of benzene rings is 3. The molecule has 3 heterocycles. The van der Waals surface area contributed by atoms with E-state index < -0.39 is 0 Å². The second-order valence-corrected chi connectivity index (χ2v) is 11.1. The summed E-state index contributed by atoms with van der Waals surface area (Å²) in [6, 6.07) is 32.8. The number of piperazine rings is 1. The van der Waals surface area contributed by atoms with E-state index in [1.165, 1.54) is 11.1 Å². The number of hydrogen-bond donors (Lipinski definition) is 0. The van der Waals surface area contributed by atoms with Crippen molar-refractivity contribution in [3.8, 4) is 5.75 Å². The Labute approximate surface area is 253 Å². The Morgan fingerprint density at radius 2 is 1.60 bits per heavy atom. The highest BCUT2D eigenvalue weighted by atomic mass is 16.5. The molecule has 6 rings (SSSR count). The van der Waals surface area contributed by atoms with E-state index in [1.807, 2.05) is 59.8 Å². The summed E-state index contributed by atoms with van der Waals surface area (Å²) in [5, 5.41) is 0. The lowest BCUT2D eigenvalue weighted by Gasteiger charge is -2.35. The number of carbonyl (C=O) groups excluding carboxylic acids is 1. The molecule has 0 spiro atoms. The summed E-state index contributed by atoms with van der Waals surface area (Å²) < 4.78 is 8.28. The van der Waals surface area contributed by atoms with E-state index in [0.717, 1.165) is 60.9 Å². The van der Waals surface area contributed by atoms with Crippen molar-refractivity contribution in [3.63, 3.8) is 0 Å². The van der Waals surface area contributed by atoms with Crippen molar-refractivity contribution < 1.29 is 9.53 Å². The van der Waals surface area contributed by atoms with Gasteiger partial charge in [0, 0.05) is 57.5 Å². The molecule has 0 N–H and O–H groups in total. The summed E-state index contributed by atoms with van der Waals surface area (Å²) in [6.07, 6.45) is 8.69. The molecule has 6 heteroatoms. The standard InChI is InChI=1S/C37H38N4O2/c1-29-12-8-9-18-32(29)33(26-36(42)40-24-22-39(23-25-40)20-10-17-30-13-4-2-5-14-30)34-27-38-37-35(19-11-21-41(34)37)43-28-31-15-6-3-7-16-31/h2-19,21,27,33H,20,22-26,28H2,1H3/b17-10+. The van der Waals surface area contributed by atoms with Crippen LogP contribution in [0.2, 0.25) is 0 Å². The van der Waals surface area contributed by atoms with E-state index in [9.17, 15) is 4.79 Å². The molecular weight excluding hydrogens is 532 g/mol. The molecule has 6 nitrogen and oxygen atoms in total. The van der Waals surface area contributed by atoms with Gasteiger partial charge in [-0.15, -0.1) is 0 Å². The van der Waals surface area contributed by atoms with Gasteiger partial charge in [0.05, 0.1) is 5.69 Å². The van der Waals surface area contributed by atoms with Gasteiger partial charge in [-0.2, -0.15) is 0 Å². The maximum atomic E-state index is 13.8. The van der Waals surface area contributed by atoms with Crippen LogP contribution in [0.15, 0.2) is 116 Å². The molecular formula is C37H38N4O2. The number of imidazole rings is 1. The van der Waals surface area contributed by atoms with Gasteiger partial charge in [0.15, 0.2) is 11.4 Å². The Balaban J connectivity index is 1.17. The summed E-state index contributed by atoms with van der Waals surface area (Å²) >= 11 is 0. The Bertz CT molecular complexity index is 1670. The van der Waals surface area contributed by atoms with Crippen LogP contribution in [0.5, 0.6) is 5.75 Å². The zero-order valence-corrected chi connectivity index (χ0v) is 24.7. The van der Waals surface area contributed by atoms with Crippen molar-refractivity contribution in [1.29, 1.82) is 0 Å². The maximum absolute atomic E-state index is 13.8. The van der Waals surface area contributed by atoms with Gasteiger partial charge in [-0.3, -0.25) is 9.69 Å². The molecule has 218 valence electrons. The van der Waals surface area contributed by atoms with Crippen LogP contribution < -0.4 is 4.74 Å². The number of carbonyl (C=O) groups is 1. The maximum Gasteiger partial charge on any atom is 0.223 e. The Kier molecular flexibility index (Phi) is 8.95. The van der Waals surface area contributed by atoms with Crippen molar-refractivity contribution in [2.75, 3.05) is 32.7 Å². The molecule has 1 unspecified atom stereocenters. The number of rotatable bonds is 10. The quantitative estimate of drug-likeness (QED) is 0.190. The molecule has 3 aromatic carbocycles. The average Bonchev–Trinajstić information content (AvgIpc) is 3.49. The largest absolute Gasteiger partial charge is 0.485 e.